The van der Waals surface area contributed by atoms with Crippen LogP contribution in [0, 0.1) is 0 Å². The molecule has 1 heterocycles. The molecule has 0 bridgehead atoms. The van der Waals surface area contributed by atoms with Gasteiger partial charge in [0.05, 0.1) is 0 Å². The first-order valence-electron chi connectivity index (χ1n) is 6.65. The van der Waals surface area contributed by atoms with Crippen LogP contribution in [-0.4, -0.2) is 58.3 Å². The molecule has 2 rings (SSSR count). The number of hydrogen-bond donors (Lipinski definition) is 1. The van der Waals surface area contributed by atoms with Crippen LogP contribution in [0.15, 0.2) is 24.3 Å². The van der Waals surface area contributed by atoms with E-state index in [1.54, 1.807) is 0 Å². The van der Waals surface area contributed by atoms with E-state index in [4.69, 9.17) is 5.73 Å². The predicted molar refractivity (Wildman–Crippen MR) is 78.5 cm³/mol. The summed E-state index contributed by atoms with van der Waals surface area (Å²) in [6, 6.07) is 8.80. The Hall–Kier alpha value is -1.26. The highest BCUT2D eigenvalue weighted by atomic mass is 15.3. The van der Waals surface area contributed by atoms with E-state index in [2.05, 4.69) is 53.1 Å². The molecule has 1 aromatic carbocycles. The number of benzene rings is 1. The summed E-state index contributed by atoms with van der Waals surface area (Å²) in [6.45, 7) is 6.22. The van der Waals surface area contributed by atoms with E-state index >= 15 is 0 Å². The van der Waals surface area contributed by atoms with Crippen molar-refractivity contribution in [2.24, 2.45) is 5.73 Å². The van der Waals surface area contributed by atoms with Crippen molar-refractivity contribution in [1.29, 1.82) is 0 Å². The lowest BCUT2D eigenvalue weighted by Gasteiger charge is -2.36. The Morgan fingerprint density at radius 3 is 2.17 bits per heavy atom. The third-order valence-corrected chi connectivity index (χ3v) is 3.55. The molecule has 4 heteroatoms. The monoisotopic (exact) mass is 248 g/mol. The standard InChI is InChI=1S/C14H24N4/c1-16(2)13-3-5-14(6-4-13)18-11-9-17(8-7-15)10-12-18/h3-6H,7-12,15H2,1-2H3. The van der Waals surface area contributed by atoms with Gasteiger partial charge in [-0.15, -0.1) is 0 Å². The molecule has 0 aliphatic carbocycles. The molecule has 1 fully saturated rings. The molecule has 0 spiro atoms. The van der Waals surface area contributed by atoms with Crippen molar-refractivity contribution in [1.82, 2.24) is 4.90 Å². The van der Waals surface area contributed by atoms with Crippen molar-refractivity contribution in [3.8, 4) is 0 Å². The molecule has 0 atom stereocenters. The molecule has 0 radical (unpaired) electrons. The number of anilines is 2. The third kappa shape index (κ3) is 3.15. The van der Waals surface area contributed by atoms with Crippen LogP contribution in [0.5, 0.6) is 0 Å². The SMILES string of the molecule is CN(C)c1ccc(N2CCN(CCN)CC2)cc1. The summed E-state index contributed by atoms with van der Waals surface area (Å²) >= 11 is 0. The van der Waals surface area contributed by atoms with Gasteiger partial charge in [0.25, 0.3) is 0 Å². The molecule has 1 aliphatic rings. The van der Waals surface area contributed by atoms with Crippen LogP contribution < -0.4 is 15.5 Å². The second kappa shape index (κ2) is 6.07. The lowest BCUT2D eigenvalue weighted by atomic mass is 10.2. The summed E-state index contributed by atoms with van der Waals surface area (Å²) < 4.78 is 0. The summed E-state index contributed by atoms with van der Waals surface area (Å²) in [7, 11) is 4.14. The minimum atomic E-state index is 0.761. The summed E-state index contributed by atoms with van der Waals surface area (Å²) in [5, 5.41) is 0. The van der Waals surface area contributed by atoms with Gasteiger partial charge in [0.1, 0.15) is 0 Å². The first kappa shape index (κ1) is 13.2. The molecule has 100 valence electrons. The topological polar surface area (TPSA) is 35.7 Å². The van der Waals surface area contributed by atoms with E-state index in [1.165, 1.54) is 11.4 Å². The zero-order chi connectivity index (χ0) is 13.0. The van der Waals surface area contributed by atoms with Crippen molar-refractivity contribution in [3.05, 3.63) is 24.3 Å². The molecule has 0 amide bonds. The Morgan fingerprint density at radius 2 is 1.67 bits per heavy atom. The second-order valence-corrected chi connectivity index (χ2v) is 5.03. The Balaban J connectivity index is 1.93. The minimum Gasteiger partial charge on any atom is -0.378 e. The van der Waals surface area contributed by atoms with E-state index in [0.717, 1.165) is 39.3 Å². The molecule has 0 unspecified atom stereocenters. The number of hydrogen-bond acceptors (Lipinski definition) is 4. The Morgan fingerprint density at radius 1 is 1.06 bits per heavy atom. The highest BCUT2D eigenvalue weighted by Crippen LogP contribution is 2.20. The van der Waals surface area contributed by atoms with Gasteiger partial charge in [0, 0.05) is 64.7 Å². The van der Waals surface area contributed by atoms with Gasteiger partial charge in [-0.2, -0.15) is 0 Å². The third-order valence-electron chi connectivity index (χ3n) is 3.55. The van der Waals surface area contributed by atoms with Crippen LogP contribution in [0.25, 0.3) is 0 Å². The number of piperazine rings is 1. The summed E-state index contributed by atoms with van der Waals surface area (Å²) in [4.78, 5) is 7.01. The van der Waals surface area contributed by atoms with Crippen LogP contribution in [0.2, 0.25) is 0 Å². The fourth-order valence-electron chi connectivity index (χ4n) is 2.37. The summed E-state index contributed by atoms with van der Waals surface area (Å²) in [5.41, 5.74) is 8.17. The van der Waals surface area contributed by atoms with Gasteiger partial charge in [0.15, 0.2) is 0 Å². The zero-order valence-corrected chi connectivity index (χ0v) is 11.5. The maximum absolute atomic E-state index is 5.59. The summed E-state index contributed by atoms with van der Waals surface area (Å²) in [5.74, 6) is 0. The molecule has 1 saturated heterocycles. The van der Waals surface area contributed by atoms with Crippen molar-refractivity contribution in [2.75, 3.05) is 63.2 Å². The van der Waals surface area contributed by atoms with Crippen LogP contribution in [-0.2, 0) is 0 Å². The lowest BCUT2D eigenvalue weighted by Crippen LogP contribution is -2.47. The van der Waals surface area contributed by atoms with Gasteiger partial charge in [-0.3, -0.25) is 4.90 Å². The maximum atomic E-state index is 5.59. The maximum Gasteiger partial charge on any atom is 0.0368 e. The first-order valence-corrected chi connectivity index (χ1v) is 6.65. The van der Waals surface area contributed by atoms with Crippen LogP contribution >= 0.6 is 0 Å². The van der Waals surface area contributed by atoms with Crippen molar-refractivity contribution >= 4 is 11.4 Å². The van der Waals surface area contributed by atoms with E-state index in [1.807, 2.05) is 0 Å². The van der Waals surface area contributed by atoms with Crippen molar-refractivity contribution < 1.29 is 0 Å². The molecule has 4 nitrogen and oxygen atoms in total. The number of nitrogens with two attached hydrogens (primary N) is 1. The molecule has 2 N–H and O–H groups in total. The fraction of sp³-hybridized carbons (Fsp3) is 0.571. The Bertz CT molecular complexity index is 353. The molecule has 0 saturated carbocycles. The number of rotatable bonds is 4. The van der Waals surface area contributed by atoms with E-state index < -0.39 is 0 Å². The fourth-order valence-corrected chi connectivity index (χ4v) is 2.37. The lowest BCUT2D eigenvalue weighted by molar-refractivity contribution is 0.265. The predicted octanol–water partition coefficient (Wildman–Crippen LogP) is 0.833. The second-order valence-electron chi connectivity index (χ2n) is 5.03. The van der Waals surface area contributed by atoms with Gasteiger partial charge >= 0.3 is 0 Å². The van der Waals surface area contributed by atoms with Gasteiger partial charge in [0.2, 0.25) is 0 Å². The van der Waals surface area contributed by atoms with E-state index in [0.29, 0.717) is 0 Å². The average molecular weight is 248 g/mol. The Labute approximate surface area is 110 Å². The van der Waals surface area contributed by atoms with Crippen LogP contribution in [0.1, 0.15) is 0 Å². The minimum absolute atomic E-state index is 0.761. The first-order chi connectivity index (χ1) is 8.70. The molecule has 1 aliphatic heterocycles. The van der Waals surface area contributed by atoms with Gasteiger partial charge < -0.3 is 15.5 Å². The van der Waals surface area contributed by atoms with Crippen LogP contribution in [0.3, 0.4) is 0 Å². The Kier molecular flexibility index (Phi) is 4.44. The van der Waals surface area contributed by atoms with E-state index in [9.17, 15) is 0 Å². The number of nitrogens with zero attached hydrogens (tertiary/aromatic N) is 3. The quantitative estimate of drug-likeness (QED) is 0.856. The normalized spacial score (nSPS) is 16.9. The smallest absolute Gasteiger partial charge is 0.0368 e. The largest absolute Gasteiger partial charge is 0.378 e. The molecule has 18 heavy (non-hydrogen) atoms. The molecule has 0 aromatic heterocycles. The summed E-state index contributed by atoms with van der Waals surface area (Å²) in [6.07, 6.45) is 0. The van der Waals surface area contributed by atoms with Gasteiger partial charge in [-0.25, -0.2) is 0 Å². The molecular formula is C14H24N4. The zero-order valence-electron chi connectivity index (χ0n) is 11.5. The van der Waals surface area contributed by atoms with Gasteiger partial charge in [-0.05, 0) is 24.3 Å². The molecule has 1 aromatic rings. The molecular weight excluding hydrogens is 224 g/mol. The van der Waals surface area contributed by atoms with Crippen LogP contribution in [0.4, 0.5) is 11.4 Å². The highest BCUT2D eigenvalue weighted by molar-refractivity contribution is 5.56. The van der Waals surface area contributed by atoms with Crippen molar-refractivity contribution in [2.45, 2.75) is 0 Å². The highest BCUT2D eigenvalue weighted by Gasteiger charge is 2.16. The average Bonchev–Trinajstić information content (AvgIpc) is 2.40. The van der Waals surface area contributed by atoms with Crippen molar-refractivity contribution in [3.63, 3.8) is 0 Å². The van der Waals surface area contributed by atoms with Gasteiger partial charge in [-0.1, -0.05) is 0 Å². The van der Waals surface area contributed by atoms with E-state index in [-0.39, 0.29) is 0 Å².